The van der Waals surface area contributed by atoms with Crippen molar-refractivity contribution in [2.45, 2.75) is 20.8 Å². The lowest BCUT2D eigenvalue weighted by Crippen LogP contribution is -2.14. The van der Waals surface area contributed by atoms with Gasteiger partial charge < -0.3 is 10.1 Å². The van der Waals surface area contributed by atoms with Crippen LogP contribution in [0.15, 0.2) is 66.7 Å². The number of hydrogen-bond donors (Lipinski definition) is 1. The molecular formula is C26H24N2O2. The first kappa shape index (κ1) is 19.6. The van der Waals surface area contributed by atoms with E-state index >= 15 is 0 Å². The highest BCUT2D eigenvalue weighted by molar-refractivity contribution is 6.13. The average molecular weight is 396 g/mol. The Morgan fingerprint density at radius 3 is 2.47 bits per heavy atom. The van der Waals surface area contributed by atoms with Crippen LogP contribution in [-0.2, 0) is 0 Å². The van der Waals surface area contributed by atoms with Gasteiger partial charge in [0.05, 0.1) is 23.9 Å². The van der Waals surface area contributed by atoms with Gasteiger partial charge in [0.25, 0.3) is 5.91 Å². The first-order valence-electron chi connectivity index (χ1n) is 9.89. The van der Waals surface area contributed by atoms with E-state index in [0.29, 0.717) is 5.56 Å². The number of aromatic nitrogens is 1. The minimum absolute atomic E-state index is 0.147. The molecule has 1 amide bonds. The van der Waals surface area contributed by atoms with E-state index in [0.717, 1.165) is 50.3 Å². The lowest BCUT2D eigenvalue weighted by molar-refractivity contribution is 0.102. The first-order chi connectivity index (χ1) is 14.5. The predicted octanol–water partition coefficient (Wildman–Crippen LogP) is 6.09. The van der Waals surface area contributed by atoms with Crippen LogP contribution in [0.2, 0.25) is 0 Å². The maximum absolute atomic E-state index is 13.3. The number of rotatable bonds is 4. The number of carbonyl (C=O) groups is 1. The summed E-state index contributed by atoms with van der Waals surface area (Å²) in [5, 5.41) is 3.92. The number of nitrogens with one attached hydrogen (secondary N) is 1. The summed E-state index contributed by atoms with van der Waals surface area (Å²) in [7, 11) is 1.64. The van der Waals surface area contributed by atoms with Crippen LogP contribution in [0.5, 0.6) is 5.75 Å². The number of nitrogens with zero attached hydrogens (tertiary/aromatic N) is 1. The second kappa shape index (κ2) is 7.99. The molecule has 0 aliphatic rings. The lowest BCUT2D eigenvalue weighted by Gasteiger charge is -2.14. The second-order valence-electron chi connectivity index (χ2n) is 7.53. The van der Waals surface area contributed by atoms with E-state index in [1.165, 1.54) is 0 Å². The Labute approximate surface area is 176 Å². The molecule has 0 bridgehead atoms. The van der Waals surface area contributed by atoms with Gasteiger partial charge in [-0.2, -0.15) is 0 Å². The van der Waals surface area contributed by atoms with E-state index < -0.39 is 0 Å². The van der Waals surface area contributed by atoms with Crippen LogP contribution < -0.4 is 10.1 Å². The Bertz CT molecular complexity index is 1260. The highest BCUT2D eigenvalue weighted by atomic mass is 16.5. The summed E-state index contributed by atoms with van der Waals surface area (Å²) >= 11 is 0. The smallest absolute Gasteiger partial charge is 0.256 e. The average Bonchev–Trinajstić information content (AvgIpc) is 2.74. The molecule has 0 aliphatic carbocycles. The molecule has 4 nitrogen and oxygen atoms in total. The first-order valence-corrected chi connectivity index (χ1v) is 9.89. The van der Waals surface area contributed by atoms with Gasteiger partial charge >= 0.3 is 0 Å². The van der Waals surface area contributed by atoms with Crippen molar-refractivity contribution in [3.63, 3.8) is 0 Å². The van der Waals surface area contributed by atoms with Gasteiger partial charge in [0.1, 0.15) is 5.75 Å². The minimum atomic E-state index is -0.147. The standard InChI is InChI=1S/C26H24N2O2/c1-16-12-18(3)25-21(13-16)22(26(29)28-23-11-6-5-8-17(23)2)15-24(27-25)19-9-7-10-20(14-19)30-4/h5-15H,1-4H3,(H,28,29). The summed E-state index contributed by atoms with van der Waals surface area (Å²) in [4.78, 5) is 18.2. The van der Waals surface area contributed by atoms with E-state index in [4.69, 9.17) is 9.72 Å². The summed E-state index contributed by atoms with van der Waals surface area (Å²) in [6, 6.07) is 21.5. The topological polar surface area (TPSA) is 51.2 Å². The van der Waals surface area contributed by atoms with Crippen molar-refractivity contribution in [3.8, 4) is 17.0 Å². The molecule has 0 saturated carbocycles. The zero-order valence-corrected chi connectivity index (χ0v) is 17.6. The van der Waals surface area contributed by atoms with Gasteiger partial charge in [0.2, 0.25) is 0 Å². The van der Waals surface area contributed by atoms with Gasteiger partial charge in [-0.05, 0) is 62.2 Å². The quantitative estimate of drug-likeness (QED) is 0.454. The molecule has 3 aromatic carbocycles. The summed E-state index contributed by atoms with van der Waals surface area (Å²) in [5.41, 5.74) is 7.04. The van der Waals surface area contributed by atoms with Crippen LogP contribution >= 0.6 is 0 Å². The Morgan fingerprint density at radius 2 is 1.70 bits per heavy atom. The molecule has 0 fully saturated rings. The van der Waals surface area contributed by atoms with E-state index in [2.05, 4.69) is 11.4 Å². The van der Waals surface area contributed by atoms with Crippen molar-refractivity contribution in [1.82, 2.24) is 4.98 Å². The van der Waals surface area contributed by atoms with Gasteiger partial charge in [0, 0.05) is 16.6 Å². The molecule has 1 N–H and O–H groups in total. The second-order valence-corrected chi connectivity index (χ2v) is 7.53. The fourth-order valence-electron chi connectivity index (χ4n) is 3.70. The number of methoxy groups -OCH3 is 1. The Hall–Kier alpha value is -3.66. The van der Waals surface area contributed by atoms with E-state index in [1.807, 2.05) is 81.4 Å². The lowest BCUT2D eigenvalue weighted by atomic mass is 9.99. The van der Waals surface area contributed by atoms with Crippen molar-refractivity contribution in [2.24, 2.45) is 0 Å². The predicted molar refractivity (Wildman–Crippen MR) is 122 cm³/mol. The molecule has 0 atom stereocenters. The van der Waals surface area contributed by atoms with E-state index in [-0.39, 0.29) is 5.91 Å². The van der Waals surface area contributed by atoms with Crippen molar-refractivity contribution in [1.29, 1.82) is 0 Å². The third-order valence-corrected chi connectivity index (χ3v) is 5.25. The third kappa shape index (κ3) is 3.77. The number of carbonyl (C=O) groups excluding carboxylic acids is 1. The van der Waals surface area contributed by atoms with Crippen LogP contribution in [0.25, 0.3) is 22.2 Å². The highest BCUT2D eigenvalue weighted by Gasteiger charge is 2.17. The van der Waals surface area contributed by atoms with Crippen molar-refractivity contribution in [3.05, 3.63) is 89.0 Å². The number of amides is 1. The normalized spacial score (nSPS) is 10.8. The van der Waals surface area contributed by atoms with Gasteiger partial charge in [0.15, 0.2) is 0 Å². The number of aryl methyl sites for hydroxylation is 3. The summed E-state index contributed by atoms with van der Waals surface area (Å²) in [6.07, 6.45) is 0. The summed E-state index contributed by atoms with van der Waals surface area (Å²) < 4.78 is 5.37. The van der Waals surface area contributed by atoms with Crippen molar-refractivity contribution in [2.75, 3.05) is 12.4 Å². The van der Waals surface area contributed by atoms with E-state index in [1.54, 1.807) is 7.11 Å². The molecule has 1 aromatic heterocycles. The zero-order chi connectivity index (χ0) is 21.3. The van der Waals surface area contributed by atoms with Crippen molar-refractivity contribution < 1.29 is 9.53 Å². The van der Waals surface area contributed by atoms with Crippen LogP contribution in [-0.4, -0.2) is 18.0 Å². The van der Waals surface area contributed by atoms with Crippen LogP contribution in [0, 0.1) is 20.8 Å². The van der Waals surface area contributed by atoms with Crippen LogP contribution in [0.4, 0.5) is 5.69 Å². The molecule has 0 saturated heterocycles. The molecule has 0 unspecified atom stereocenters. The largest absolute Gasteiger partial charge is 0.497 e. The number of pyridine rings is 1. The molecule has 0 spiro atoms. The van der Waals surface area contributed by atoms with Crippen LogP contribution in [0.3, 0.4) is 0 Å². The molecule has 0 aliphatic heterocycles. The Balaban J connectivity index is 1.90. The van der Waals surface area contributed by atoms with Crippen LogP contribution in [0.1, 0.15) is 27.0 Å². The van der Waals surface area contributed by atoms with E-state index in [9.17, 15) is 4.79 Å². The molecule has 4 aromatic rings. The van der Waals surface area contributed by atoms with Gasteiger partial charge in [-0.25, -0.2) is 4.98 Å². The SMILES string of the molecule is COc1cccc(-c2cc(C(=O)Nc3ccccc3C)c3cc(C)cc(C)c3n2)c1. The monoisotopic (exact) mass is 396 g/mol. The molecule has 0 radical (unpaired) electrons. The Kier molecular flexibility index (Phi) is 5.23. The van der Waals surface area contributed by atoms with Gasteiger partial charge in [-0.15, -0.1) is 0 Å². The zero-order valence-electron chi connectivity index (χ0n) is 17.6. The molecule has 4 rings (SSSR count). The molecular weight excluding hydrogens is 372 g/mol. The number of benzene rings is 3. The Morgan fingerprint density at radius 1 is 0.900 bits per heavy atom. The van der Waals surface area contributed by atoms with Gasteiger partial charge in [-0.3, -0.25) is 4.79 Å². The number of ether oxygens (including phenoxy) is 1. The molecule has 150 valence electrons. The number of para-hydroxylation sites is 1. The molecule has 30 heavy (non-hydrogen) atoms. The number of hydrogen-bond acceptors (Lipinski definition) is 3. The number of fused-ring (bicyclic) bond motifs is 1. The maximum Gasteiger partial charge on any atom is 0.256 e. The molecule has 1 heterocycles. The van der Waals surface area contributed by atoms with Gasteiger partial charge in [-0.1, -0.05) is 42.0 Å². The summed E-state index contributed by atoms with van der Waals surface area (Å²) in [6.45, 7) is 6.04. The number of anilines is 1. The highest BCUT2D eigenvalue weighted by Crippen LogP contribution is 2.30. The molecule has 4 heteroatoms. The minimum Gasteiger partial charge on any atom is -0.497 e. The van der Waals surface area contributed by atoms with Crippen molar-refractivity contribution >= 4 is 22.5 Å². The fourth-order valence-corrected chi connectivity index (χ4v) is 3.70. The fraction of sp³-hybridized carbons (Fsp3) is 0.154. The third-order valence-electron chi connectivity index (χ3n) is 5.25. The maximum atomic E-state index is 13.3. The summed E-state index contributed by atoms with van der Waals surface area (Å²) in [5.74, 6) is 0.604.